The molecular formula is C14H11Cl3N2O3. The summed E-state index contributed by atoms with van der Waals surface area (Å²) in [5, 5.41) is 3.78. The number of aromatic nitrogens is 1. The molecule has 0 radical (unpaired) electrons. The first-order valence-corrected chi connectivity index (χ1v) is 7.20. The number of ether oxygens (including phenoxy) is 2. The maximum absolute atomic E-state index is 11.9. The highest BCUT2D eigenvalue weighted by Crippen LogP contribution is 2.28. The maximum Gasteiger partial charge on any atom is 0.262 e. The smallest absolute Gasteiger partial charge is 0.262 e. The predicted molar refractivity (Wildman–Crippen MR) is 86.4 cm³/mol. The molecule has 2 aromatic rings. The molecule has 22 heavy (non-hydrogen) atoms. The molecule has 1 amide bonds. The number of amides is 1. The first-order chi connectivity index (χ1) is 10.5. The lowest BCUT2D eigenvalue weighted by Crippen LogP contribution is -2.20. The van der Waals surface area contributed by atoms with Gasteiger partial charge >= 0.3 is 0 Å². The monoisotopic (exact) mass is 360 g/mol. The zero-order chi connectivity index (χ0) is 16.1. The molecule has 8 heteroatoms. The van der Waals surface area contributed by atoms with Crippen molar-refractivity contribution < 1.29 is 14.3 Å². The van der Waals surface area contributed by atoms with Gasteiger partial charge in [-0.15, -0.1) is 0 Å². The summed E-state index contributed by atoms with van der Waals surface area (Å²) in [7, 11) is 1.44. The number of rotatable bonds is 5. The lowest BCUT2D eigenvalue weighted by atomic mass is 10.3. The molecule has 1 aromatic heterocycles. The number of nitrogens with one attached hydrogen (secondary N) is 1. The summed E-state index contributed by atoms with van der Waals surface area (Å²) in [6, 6.07) is 6.25. The van der Waals surface area contributed by atoms with E-state index in [4.69, 9.17) is 44.3 Å². The Balaban J connectivity index is 2.00. The molecule has 0 aliphatic carbocycles. The van der Waals surface area contributed by atoms with Gasteiger partial charge in [-0.1, -0.05) is 34.8 Å². The number of carbonyl (C=O) groups is 1. The van der Waals surface area contributed by atoms with Crippen LogP contribution >= 0.6 is 34.8 Å². The number of carbonyl (C=O) groups excluding carboxylic acids is 1. The molecule has 0 fully saturated rings. The van der Waals surface area contributed by atoms with Crippen LogP contribution in [-0.4, -0.2) is 24.6 Å². The Morgan fingerprint density at radius 2 is 2.00 bits per heavy atom. The van der Waals surface area contributed by atoms with Crippen molar-refractivity contribution in [3.63, 3.8) is 0 Å². The van der Waals surface area contributed by atoms with Crippen LogP contribution in [0.25, 0.3) is 0 Å². The van der Waals surface area contributed by atoms with Crippen molar-refractivity contribution in [1.82, 2.24) is 4.98 Å². The highest BCUT2D eigenvalue weighted by Gasteiger charge is 2.11. The molecule has 0 spiro atoms. The van der Waals surface area contributed by atoms with Crippen molar-refractivity contribution in [3.05, 3.63) is 45.5 Å². The number of nitrogens with zero attached hydrogens (tertiary/aromatic N) is 1. The summed E-state index contributed by atoms with van der Waals surface area (Å²) >= 11 is 17.6. The van der Waals surface area contributed by atoms with Gasteiger partial charge in [0, 0.05) is 11.2 Å². The van der Waals surface area contributed by atoms with Crippen LogP contribution in [0.15, 0.2) is 30.5 Å². The Morgan fingerprint density at radius 1 is 1.23 bits per heavy atom. The molecular weight excluding hydrogens is 351 g/mol. The Kier molecular flexibility index (Phi) is 5.71. The first kappa shape index (κ1) is 16.7. The van der Waals surface area contributed by atoms with Crippen LogP contribution in [0.3, 0.4) is 0 Å². The second-order valence-corrected chi connectivity index (χ2v) is 5.40. The van der Waals surface area contributed by atoms with Crippen LogP contribution in [0.5, 0.6) is 11.6 Å². The van der Waals surface area contributed by atoms with E-state index < -0.39 is 5.91 Å². The Hall–Kier alpha value is -1.69. The Bertz CT molecular complexity index is 695. The number of halogens is 3. The fourth-order valence-corrected chi connectivity index (χ4v) is 2.22. The second kappa shape index (κ2) is 7.54. The lowest BCUT2D eigenvalue weighted by Gasteiger charge is -2.11. The van der Waals surface area contributed by atoms with Gasteiger partial charge in [0.2, 0.25) is 5.88 Å². The van der Waals surface area contributed by atoms with Crippen LogP contribution in [0.2, 0.25) is 15.1 Å². The van der Waals surface area contributed by atoms with E-state index in [1.54, 1.807) is 12.1 Å². The summed E-state index contributed by atoms with van der Waals surface area (Å²) in [6.45, 7) is -0.239. The molecule has 2 rings (SSSR count). The number of methoxy groups -OCH3 is 1. The van der Waals surface area contributed by atoms with E-state index in [2.05, 4.69) is 10.3 Å². The third kappa shape index (κ3) is 4.40. The fourth-order valence-electron chi connectivity index (χ4n) is 1.60. The summed E-state index contributed by atoms with van der Waals surface area (Å²) in [4.78, 5) is 15.9. The third-order valence-corrected chi connectivity index (χ3v) is 3.28. The highest BCUT2D eigenvalue weighted by atomic mass is 35.5. The highest BCUT2D eigenvalue weighted by molar-refractivity contribution is 6.35. The summed E-state index contributed by atoms with van der Waals surface area (Å²) in [5.74, 6) is 0.202. The number of hydrogen-bond acceptors (Lipinski definition) is 4. The number of benzene rings is 1. The molecule has 0 aliphatic heterocycles. The quantitative estimate of drug-likeness (QED) is 0.872. The van der Waals surface area contributed by atoms with Gasteiger partial charge in [0.05, 0.1) is 17.2 Å². The average Bonchev–Trinajstić information content (AvgIpc) is 2.46. The van der Waals surface area contributed by atoms with Gasteiger partial charge in [0.1, 0.15) is 11.4 Å². The minimum absolute atomic E-state index is 0.239. The average molecular weight is 362 g/mol. The molecule has 0 saturated carbocycles. The third-order valence-electron chi connectivity index (χ3n) is 2.54. The predicted octanol–water partition coefficient (Wildman–Crippen LogP) is 4.07. The number of hydrogen-bond donors (Lipinski definition) is 1. The van der Waals surface area contributed by atoms with Gasteiger partial charge in [0.15, 0.2) is 6.61 Å². The Morgan fingerprint density at radius 3 is 2.68 bits per heavy atom. The van der Waals surface area contributed by atoms with E-state index in [1.165, 1.54) is 25.4 Å². The molecule has 5 nitrogen and oxygen atoms in total. The molecule has 1 aromatic carbocycles. The van der Waals surface area contributed by atoms with Crippen molar-refractivity contribution in [2.75, 3.05) is 19.0 Å². The van der Waals surface area contributed by atoms with Gasteiger partial charge in [-0.3, -0.25) is 4.79 Å². The SMILES string of the molecule is COc1ncc(Cl)cc1NC(=O)COc1ccc(Cl)cc1Cl. The van der Waals surface area contributed by atoms with Crippen LogP contribution in [-0.2, 0) is 4.79 Å². The molecule has 1 N–H and O–H groups in total. The van der Waals surface area contributed by atoms with Crippen LogP contribution in [0.1, 0.15) is 0 Å². The Labute approximate surface area is 142 Å². The molecule has 0 bridgehead atoms. The van der Waals surface area contributed by atoms with Crippen molar-refractivity contribution in [1.29, 1.82) is 0 Å². The first-order valence-electron chi connectivity index (χ1n) is 6.07. The summed E-state index contributed by atoms with van der Waals surface area (Å²) in [5.41, 5.74) is 0.353. The molecule has 116 valence electrons. The van der Waals surface area contributed by atoms with Crippen molar-refractivity contribution in [2.24, 2.45) is 0 Å². The van der Waals surface area contributed by atoms with E-state index in [1.807, 2.05) is 0 Å². The number of pyridine rings is 1. The molecule has 0 unspecified atom stereocenters. The van der Waals surface area contributed by atoms with Gasteiger partial charge in [-0.05, 0) is 24.3 Å². The standard InChI is InChI=1S/C14H11Cl3N2O3/c1-21-14-11(5-9(16)6-18-14)19-13(20)7-22-12-3-2-8(15)4-10(12)17/h2-6H,7H2,1H3,(H,19,20). The van der Waals surface area contributed by atoms with Gasteiger partial charge in [0.25, 0.3) is 5.91 Å². The maximum atomic E-state index is 11.9. The minimum atomic E-state index is -0.409. The van der Waals surface area contributed by atoms with E-state index in [9.17, 15) is 4.79 Å². The summed E-state index contributed by atoms with van der Waals surface area (Å²) in [6.07, 6.45) is 1.42. The van der Waals surface area contributed by atoms with Crippen molar-refractivity contribution >= 4 is 46.4 Å². The van der Waals surface area contributed by atoms with Crippen molar-refractivity contribution in [2.45, 2.75) is 0 Å². The summed E-state index contributed by atoms with van der Waals surface area (Å²) < 4.78 is 10.4. The topological polar surface area (TPSA) is 60.5 Å². The largest absolute Gasteiger partial charge is 0.482 e. The molecule has 0 atom stereocenters. The van der Waals surface area contributed by atoms with E-state index in [-0.39, 0.29) is 12.5 Å². The molecule has 0 aliphatic rings. The van der Waals surface area contributed by atoms with E-state index >= 15 is 0 Å². The van der Waals surface area contributed by atoms with Crippen LogP contribution < -0.4 is 14.8 Å². The zero-order valence-electron chi connectivity index (χ0n) is 11.4. The second-order valence-electron chi connectivity index (χ2n) is 4.12. The van der Waals surface area contributed by atoms with E-state index in [0.717, 1.165) is 0 Å². The van der Waals surface area contributed by atoms with Gasteiger partial charge < -0.3 is 14.8 Å². The minimum Gasteiger partial charge on any atom is -0.482 e. The molecule has 1 heterocycles. The van der Waals surface area contributed by atoms with E-state index in [0.29, 0.717) is 26.5 Å². The van der Waals surface area contributed by atoms with Gasteiger partial charge in [-0.25, -0.2) is 4.98 Å². The zero-order valence-corrected chi connectivity index (χ0v) is 13.7. The van der Waals surface area contributed by atoms with Crippen LogP contribution in [0.4, 0.5) is 5.69 Å². The fraction of sp³-hybridized carbons (Fsp3) is 0.143. The lowest BCUT2D eigenvalue weighted by molar-refractivity contribution is -0.118. The number of anilines is 1. The van der Waals surface area contributed by atoms with Crippen LogP contribution in [0, 0.1) is 0 Å². The molecule has 0 saturated heterocycles. The normalized spacial score (nSPS) is 10.2. The van der Waals surface area contributed by atoms with Gasteiger partial charge in [-0.2, -0.15) is 0 Å². The van der Waals surface area contributed by atoms with Crippen molar-refractivity contribution in [3.8, 4) is 11.6 Å².